The normalized spacial score (nSPS) is 12.2. The van der Waals surface area contributed by atoms with Crippen molar-refractivity contribution in [1.82, 2.24) is 10.2 Å². The Labute approximate surface area is 153 Å². The number of carbonyl (C=O) groups excluding carboxylic acids is 1. The van der Waals surface area contributed by atoms with Crippen LogP contribution in [0.5, 0.6) is 0 Å². The number of nitrogens with one attached hydrogen (secondary N) is 1. The Morgan fingerprint density at radius 2 is 1.92 bits per heavy atom. The summed E-state index contributed by atoms with van der Waals surface area (Å²) < 4.78 is 13.8. The summed E-state index contributed by atoms with van der Waals surface area (Å²) in [5, 5.41) is 3.37. The Morgan fingerprint density at radius 1 is 1.20 bits per heavy atom. The molecule has 25 heavy (non-hydrogen) atoms. The van der Waals surface area contributed by atoms with E-state index in [1.807, 2.05) is 25.1 Å². The lowest BCUT2D eigenvalue weighted by Crippen LogP contribution is -2.39. The predicted octanol–water partition coefficient (Wildman–Crippen LogP) is 4.05. The monoisotopic (exact) mass is 362 g/mol. The molecule has 0 aromatic heterocycles. The highest BCUT2D eigenvalue weighted by atomic mass is 35.5. The second-order valence-corrected chi connectivity index (χ2v) is 6.77. The van der Waals surface area contributed by atoms with Gasteiger partial charge >= 0.3 is 0 Å². The molecular weight excluding hydrogens is 339 g/mol. The Balaban J connectivity index is 1.77. The van der Waals surface area contributed by atoms with E-state index in [1.165, 1.54) is 11.6 Å². The van der Waals surface area contributed by atoms with E-state index in [4.69, 9.17) is 11.6 Å². The van der Waals surface area contributed by atoms with Crippen LogP contribution in [-0.2, 0) is 17.8 Å². The molecule has 1 N–H and O–H groups in total. The molecular formula is C20H24ClFN2O. The van der Waals surface area contributed by atoms with Crippen LogP contribution in [0.4, 0.5) is 4.39 Å². The van der Waals surface area contributed by atoms with Gasteiger partial charge in [-0.25, -0.2) is 4.39 Å². The van der Waals surface area contributed by atoms with Crippen molar-refractivity contribution in [1.29, 1.82) is 0 Å². The van der Waals surface area contributed by atoms with Gasteiger partial charge in [0.05, 0.1) is 6.54 Å². The summed E-state index contributed by atoms with van der Waals surface area (Å²) in [5.41, 5.74) is 1.67. The van der Waals surface area contributed by atoms with Crippen molar-refractivity contribution in [3.8, 4) is 0 Å². The fraction of sp³-hybridized carbons (Fsp3) is 0.350. The average molecular weight is 363 g/mol. The number of benzene rings is 2. The molecule has 0 saturated heterocycles. The molecule has 0 fully saturated rings. The van der Waals surface area contributed by atoms with Crippen molar-refractivity contribution in [3.05, 3.63) is 70.5 Å². The molecule has 5 heteroatoms. The third kappa shape index (κ3) is 6.48. The minimum absolute atomic E-state index is 0.0736. The highest BCUT2D eigenvalue weighted by Crippen LogP contribution is 2.20. The summed E-state index contributed by atoms with van der Waals surface area (Å²) in [4.78, 5) is 13.9. The van der Waals surface area contributed by atoms with Gasteiger partial charge in [-0.1, -0.05) is 48.0 Å². The third-order valence-corrected chi connectivity index (χ3v) is 4.37. The molecule has 2 aromatic rings. The molecule has 0 aliphatic carbocycles. The van der Waals surface area contributed by atoms with Gasteiger partial charge in [0.25, 0.3) is 0 Å². The fourth-order valence-electron chi connectivity index (χ4n) is 2.67. The standard InChI is InChI=1S/C20H24ClFN2O/c1-15(11-12-16-7-4-3-5-8-16)23-20(25)14-24(2)13-17-18(21)9-6-10-19(17)22/h3-10,15H,11-14H2,1-2H3,(H,23,25). The van der Waals surface area contributed by atoms with Crippen molar-refractivity contribution < 1.29 is 9.18 Å². The number of nitrogens with zero attached hydrogens (tertiary/aromatic N) is 1. The van der Waals surface area contributed by atoms with Crippen molar-refractivity contribution in [3.63, 3.8) is 0 Å². The van der Waals surface area contributed by atoms with Crippen molar-refractivity contribution in [2.24, 2.45) is 0 Å². The van der Waals surface area contributed by atoms with E-state index in [0.717, 1.165) is 12.8 Å². The Hall–Kier alpha value is -1.91. The lowest BCUT2D eigenvalue weighted by atomic mass is 10.1. The first-order valence-electron chi connectivity index (χ1n) is 8.40. The van der Waals surface area contributed by atoms with Crippen LogP contribution in [0.15, 0.2) is 48.5 Å². The van der Waals surface area contributed by atoms with Crippen LogP contribution in [0, 0.1) is 5.82 Å². The van der Waals surface area contributed by atoms with Gasteiger partial charge in [0.15, 0.2) is 0 Å². The summed E-state index contributed by atoms with van der Waals surface area (Å²) in [6.07, 6.45) is 1.79. The Bertz CT molecular complexity index is 673. The van der Waals surface area contributed by atoms with Gasteiger partial charge in [0, 0.05) is 23.2 Å². The quantitative estimate of drug-likeness (QED) is 0.768. The van der Waals surface area contributed by atoms with E-state index in [0.29, 0.717) is 10.6 Å². The van der Waals surface area contributed by atoms with Gasteiger partial charge in [0.1, 0.15) is 5.82 Å². The largest absolute Gasteiger partial charge is 0.353 e. The number of carbonyl (C=O) groups is 1. The van der Waals surface area contributed by atoms with Gasteiger partial charge < -0.3 is 5.32 Å². The zero-order chi connectivity index (χ0) is 18.2. The number of rotatable bonds is 8. The van der Waals surface area contributed by atoms with Crippen molar-refractivity contribution in [2.45, 2.75) is 32.4 Å². The first-order chi connectivity index (χ1) is 12.0. The average Bonchev–Trinajstić information content (AvgIpc) is 2.57. The van der Waals surface area contributed by atoms with E-state index in [1.54, 1.807) is 24.1 Å². The van der Waals surface area contributed by atoms with Crippen LogP contribution < -0.4 is 5.32 Å². The van der Waals surface area contributed by atoms with Crippen molar-refractivity contribution in [2.75, 3.05) is 13.6 Å². The zero-order valence-electron chi connectivity index (χ0n) is 14.6. The summed E-state index contributed by atoms with van der Waals surface area (Å²) >= 11 is 6.03. The minimum Gasteiger partial charge on any atom is -0.353 e. The molecule has 0 saturated carbocycles. The molecule has 134 valence electrons. The molecule has 2 rings (SSSR count). The molecule has 0 heterocycles. The number of amides is 1. The second-order valence-electron chi connectivity index (χ2n) is 6.37. The van der Waals surface area contributed by atoms with Crippen LogP contribution in [0.3, 0.4) is 0 Å². The van der Waals surface area contributed by atoms with Crippen molar-refractivity contribution >= 4 is 17.5 Å². The van der Waals surface area contributed by atoms with Gasteiger partial charge in [0.2, 0.25) is 5.91 Å². The molecule has 0 aliphatic rings. The van der Waals surface area contributed by atoms with Gasteiger partial charge in [-0.05, 0) is 44.5 Å². The summed E-state index contributed by atoms with van der Waals surface area (Å²) in [6, 6.07) is 14.9. The molecule has 0 radical (unpaired) electrons. The number of hydrogen-bond donors (Lipinski definition) is 1. The van der Waals surface area contributed by atoms with E-state index >= 15 is 0 Å². The molecule has 0 spiro atoms. The first-order valence-corrected chi connectivity index (χ1v) is 8.78. The molecule has 0 aliphatic heterocycles. The maximum atomic E-state index is 13.8. The Kier molecular flexibility index (Phi) is 7.41. The van der Waals surface area contributed by atoms with E-state index in [2.05, 4.69) is 17.4 Å². The third-order valence-electron chi connectivity index (χ3n) is 4.02. The summed E-state index contributed by atoms with van der Waals surface area (Å²) in [5.74, 6) is -0.425. The minimum atomic E-state index is -0.351. The lowest BCUT2D eigenvalue weighted by molar-refractivity contribution is -0.122. The SMILES string of the molecule is CC(CCc1ccccc1)NC(=O)CN(C)Cc1c(F)cccc1Cl. The molecule has 2 aromatic carbocycles. The molecule has 3 nitrogen and oxygen atoms in total. The highest BCUT2D eigenvalue weighted by molar-refractivity contribution is 6.31. The number of aryl methyl sites for hydroxylation is 1. The number of halogens is 2. The highest BCUT2D eigenvalue weighted by Gasteiger charge is 2.14. The predicted molar refractivity (Wildman–Crippen MR) is 100 cm³/mol. The topological polar surface area (TPSA) is 32.3 Å². The van der Waals surface area contributed by atoms with Crippen LogP contribution in [0.2, 0.25) is 5.02 Å². The number of likely N-dealkylation sites (N-methyl/N-ethyl adjacent to an activating group) is 1. The van der Waals surface area contributed by atoms with Gasteiger partial charge in [-0.3, -0.25) is 9.69 Å². The zero-order valence-corrected chi connectivity index (χ0v) is 15.4. The summed E-state index contributed by atoms with van der Waals surface area (Å²) in [6.45, 7) is 2.48. The first kappa shape index (κ1) is 19.4. The number of hydrogen-bond acceptors (Lipinski definition) is 2. The second kappa shape index (κ2) is 9.54. The van der Waals surface area contributed by atoms with Crippen LogP contribution >= 0.6 is 11.6 Å². The van der Waals surface area contributed by atoms with E-state index in [-0.39, 0.29) is 30.9 Å². The van der Waals surface area contributed by atoms with Gasteiger partial charge in [-0.2, -0.15) is 0 Å². The van der Waals surface area contributed by atoms with Gasteiger partial charge in [-0.15, -0.1) is 0 Å². The smallest absolute Gasteiger partial charge is 0.234 e. The van der Waals surface area contributed by atoms with Crippen LogP contribution in [-0.4, -0.2) is 30.4 Å². The summed E-state index contributed by atoms with van der Waals surface area (Å²) in [7, 11) is 1.77. The molecule has 1 unspecified atom stereocenters. The van der Waals surface area contributed by atoms with E-state index < -0.39 is 0 Å². The molecule has 1 atom stereocenters. The maximum absolute atomic E-state index is 13.8. The molecule has 0 bridgehead atoms. The van der Waals surface area contributed by atoms with Crippen LogP contribution in [0.1, 0.15) is 24.5 Å². The van der Waals surface area contributed by atoms with E-state index in [9.17, 15) is 9.18 Å². The molecule has 1 amide bonds. The maximum Gasteiger partial charge on any atom is 0.234 e. The fourth-order valence-corrected chi connectivity index (χ4v) is 2.90. The Morgan fingerprint density at radius 3 is 2.60 bits per heavy atom. The van der Waals surface area contributed by atoms with Crippen LogP contribution in [0.25, 0.3) is 0 Å². The lowest BCUT2D eigenvalue weighted by Gasteiger charge is -2.20.